The second-order valence-corrected chi connectivity index (χ2v) is 5.61. The van der Waals surface area contributed by atoms with Crippen LogP contribution in [-0.4, -0.2) is 23.4 Å². The topological polar surface area (TPSA) is 56.1 Å². The van der Waals surface area contributed by atoms with Crippen LogP contribution in [0, 0.1) is 11.3 Å². The van der Waals surface area contributed by atoms with Crippen molar-refractivity contribution >= 4 is 11.6 Å². The Hall–Kier alpha value is -2.80. The predicted octanol–water partition coefficient (Wildman–Crippen LogP) is 3.41. The lowest BCUT2D eigenvalue weighted by Gasteiger charge is -2.27. The van der Waals surface area contributed by atoms with Gasteiger partial charge in [0.05, 0.1) is 17.8 Å². The highest BCUT2D eigenvalue weighted by molar-refractivity contribution is 5.81. The molecule has 0 saturated heterocycles. The molecule has 0 heterocycles. The van der Waals surface area contributed by atoms with Crippen LogP contribution in [0.25, 0.3) is 0 Å². The molecule has 1 amide bonds. The molecule has 2 rings (SSSR count). The molecule has 4 nitrogen and oxygen atoms in total. The fraction of sp³-hybridized carbons (Fsp3) is 0.263. The average Bonchev–Trinajstić information content (AvgIpc) is 2.58. The van der Waals surface area contributed by atoms with Gasteiger partial charge in [-0.15, -0.1) is 0 Å². The number of benzene rings is 2. The molecule has 23 heavy (non-hydrogen) atoms. The molecular formula is C19H21N3O. The maximum Gasteiger partial charge on any atom is 0.242 e. The monoisotopic (exact) mass is 307 g/mol. The van der Waals surface area contributed by atoms with Gasteiger partial charge in [-0.05, 0) is 31.5 Å². The van der Waals surface area contributed by atoms with Gasteiger partial charge in [0.15, 0.2) is 0 Å². The Bertz CT molecular complexity index is 689. The molecule has 0 unspecified atom stereocenters. The van der Waals surface area contributed by atoms with Crippen molar-refractivity contribution in [2.45, 2.75) is 26.4 Å². The molecular weight excluding hydrogens is 286 g/mol. The second-order valence-electron chi connectivity index (χ2n) is 5.61. The van der Waals surface area contributed by atoms with Crippen LogP contribution in [0.4, 0.5) is 5.69 Å². The van der Waals surface area contributed by atoms with Gasteiger partial charge >= 0.3 is 0 Å². The van der Waals surface area contributed by atoms with Crippen LogP contribution in [0.2, 0.25) is 0 Å². The van der Waals surface area contributed by atoms with E-state index in [1.54, 1.807) is 12.1 Å². The van der Waals surface area contributed by atoms with E-state index >= 15 is 0 Å². The molecule has 0 aliphatic carbocycles. The smallest absolute Gasteiger partial charge is 0.242 e. The number of para-hydroxylation sites is 1. The normalized spacial score (nSPS) is 10.2. The van der Waals surface area contributed by atoms with Crippen molar-refractivity contribution in [1.82, 2.24) is 4.90 Å². The number of nitrogens with one attached hydrogen (secondary N) is 1. The summed E-state index contributed by atoms with van der Waals surface area (Å²) in [5.74, 6) is 0.0107. The number of anilines is 1. The number of nitrogens with zero attached hydrogens (tertiary/aromatic N) is 2. The molecule has 0 aromatic heterocycles. The Kier molecular flexibility index (Phi) is 5.76. The van der Waals surface area contributed by atoms with Crippen molar-refractivity contribution in [1.29, 1.82) is 5.26 Å². The maximum absolute atomic E-state index is 12.5. The number of nitriles is 1. The van der Waals surface area contributed by atoms with Crippen molar-refractivity contribution < 1.29 is 4.79 Å². The summed E-state index contributed by atoms with van der Waals surface area (Å²) in [6.07, 6.45) is 0. The minimum Gasteiger partial charge on any atom is -0.375 e. The summed E-state index contributed by atoms with van der Waals surface area (Å²) in [5.41, 5.74) is 2.33. The highest BCUT2D eigenvalue weighted by Gasteiger charge is 2.17. The van der Waals surface area contributed by atoms with Gasteiger partial charge in [0.25, 0.3) is 0 Å². The van der Waals surface area contributed by atoms with Crippen molar-refractivity contribution in [2.24, 2.45) is 0 Å². The molecule has 0 radical (unpaired) electrons. The zero-order valence-corrected chi connectivity index (χ0v) is 13.5. The molecule has 2 aromatic carbocycles. The van der Waals surface area contributed by atoms with Crippen molar-refractivity contribution in [3.8, 4) is 6.07 Å². The fourth-order valence-corrected chi connectivity index (χ4v) is 2.35. The third-order valence-corrected chi connectivity index (χ3v) is 3.62. The minimum absolute atomic E-state index is 0.0107. The molecule has 0 aliphatic heterocycles. The molecule has 1 N–H and O–H groups in total. The third-order valence-electron chi connectivity index (χ3n) is 3.62. The summed E-state index contributed by atoms with van der Waals surface area (Å²) in [6, 6.07) is 19.4. The first kappa shape index (κ1) is 16.6. The molecule has 0 spiro atoms. The Morgan fingerprint density at radius 2 is 1.78 bits per heavy atom. The van der Waals surface area contributed by atoms with Gasteiger partial charge in [0.2, 0.25) is 5.91 Å². The molecule has 4 heteroatoms. The van der Waals surface area contributed by atoms with E-state index in [4.69, 9.17) is 5.26 Å². The van der Waals surface area contributed by atoms with E-state index in [9.17, 15) is 4.79 Å². The largest absolute Gasteiger partial charge is 0.375 e. The van der Waals surface area contributed by atoms with Crippen molar-refractivity contribution in [2.75, 3.05) is 11.9 Å². The van der Waals surface area contributed by atoms with Crippen LogP contribution in [-0.2, 0) is 11.3 Å². The first-order valence-corrected chi connectivity index (χ1v) is 7.68. The summed E-state index contributed by atoms with van der Waals surface area (Å²) in [7, 11) is 0. The summed E-state index contributed by atoms with van der Waals surface area (Å²) < 4.78 is 0. The minimum atomic E-state index is 0.0107. The fourth-order valence-electron chi connectivity index (χ4n) is 2.35. The summed E-state index contributed by atoms with van der Waals surface area (Å²) in [5, 5.41) is 12.2. The van der Waals surface area contributed by atoms with Crippen molar-refractivity contribution in [3.05, 3.63) is 65.7 Å². The maximum atomic E-state index is 12.5. The second kappa shape index (κ2) is 8.00. The first-order chi connectivity index (χ1) is 11.1. The number of carbonyl (C=O) groups excluding carboxylic acids is 1. The predicted molar refractivity (Wildman–Crippen MR) is 91.8 cm³/mol. The van der Waals surface area contributed by atoms with E-state index in [-0.39, 0.29) is 18.5 Å². The number of hydrogen-bond donors (Lipinski definition) is 1. The Morgan fingerprint density at radius 1 is 1.13 bits per heavy atom. The van der Waals surface area contributed by atoms with Gasteiger partial charge in [-0.1, -0.05) is 42.5 Å². The number of hydrogen-bond acceptors (Lipinski definition) is 3. The quantitative estimate of drug-likeness (QED) is 0.890. The van der Waals surface area contributed by atoms with Gasteiger partial charge in [0.1, 0.15) is 6.07 Å². The van der Waals surface area contributed by atoms with Gasteiger partial charge < -0.3 is 10.2 Å². The Morgan fingerprint density at radius 3 is 2.43 bits per heavy atom. The van der Waals surface area contributed by atoms with Crippen LogP contribution in [0.3, 0.4) is 0 Å². The zero-order valence-electron chi connectivity index (χ0n) is 13.5. The Balaban J connectivity index is 2.03. The molecule has 0 fully saturated rings. The number of amides is 1. The lowest BCUT2D eigenvalue weighted by molar-refractivity contribution is -0.131. The highest BCUT2D eigenvalue weighted by atomic mass is 16.2. The molecule has 118 valence electrons. The van der Waals surface area contributed by atoms with E-state index in [2.05, 4.69) is 11.4 Å². The van der Waals surface area contributed by atoms with Gasteiger partial charge in [-0.25, -0.2) is 0 Å². The highest BCUT2D eigenvalue weighted by Crippen LogP contribution is 2.14. The molecule has 0 atom stereocenters. The third kappa shape index (κ3) is 4.58. The van der Waals surface area contributed by atoms with E-state index in [0.29, 0.717) is 17.8 Å². The van der Waals surface area contributed by atoms with Crippen LogP contribution in [0.1, 0.15) is 25.0 Å². The lowest BCUT2D eigenvalue weighted by atomic mass is 10.1. The van der Waals surface area contributed by atoms with E-state index in [0.717, 1.165) is 5.56 Å². The summed E-state index contributed by atoms with van der Waals surface area (Å²) in [4.78, 5) is 14.4. The summed E-state index contributed by atoms with van der Waals surface area (Å²) in [6.45, 7) is 4.76. The standard InChI is InChI=1S/C19H21N3O/c1-15(2)22(14-16-8-4-3-5-9-16)19(23)13-21-18-11-7-6-10-17(18)12-20/h3-11,15,21H,13-14H2,1-2H3. The van der Waals surface area contributed by atoms with E-state index in [1.807, 2.05) is 61.2 Å². The number of carbonyl (C=O) groups is 1. The first-order valence-electron chi connectivity index (χ1n) is 7.68. The van der Waals surface area contributed by atoms with Gasteiger partial charge in [-0.3, -0.25) is 4.79 Å². The molecule has 0 aliphatic rings. The number of rotatable bonds is 6. The lowest BCUT2D eigenvalue weighted by Crippen LogP contribution is -2.39. The summed E-state index contributed by atoms with van der Waals surface area (Å²) >= 11 is 0. The Labute approximate surface area is 137 Å². The van der Waals surface area contributed by atoms with E-state index in [1.165, 1.54) is 0 Å². The van der Waals surface area contributed by atoms with Crippen LogP contribution < -0.4 is 5.32 Å². The SMILES string of the molecule is CC(C)N(Cc1ccccc1)C(=O)CNc1ccccc1C#N. The van der Waals surface area contributed by atoms with Crippen molar-refractivity contribution in [3.63, 3.8) is 0 Å². The van der Waals surface area contributed by atoms with Crippen LogP contribution in [0.15, 0.2) is 54.6 Å². The molecule has 2 aromatic rings. The molecule has 0 saturated carbocycles. The van der Waals surface area contributed by atoms with Gasteiger partial charge in [-0.2, -0.15) is 5.26 Å². The van der Waals surface area contributed by atoms with E-state index < -0.39 is 0 Å². The van der Waals surface area contributed by atoms with Gasteiger partial charge in [0, 0.05) is 12.6 Å². The van der Waals surface area contributed by atoms with Crippen LogP contribution in [0.5, 0.6) is 0 Å². The van der Waals surface area contributed by atoms with Crippen LogP contribution >= 0.6 is 0 Å². The molecule has 0 bridgehead atoms. The average molecular weight is 307 g/mol. The zero-order chi connectivity index (χ0) is 16.7.